The summed E-state index contributed by atoms with van der Waals surface area (Å²) in [5.41, 5.74) is 2.94. The zero-order valence-corrected chi connectivity index (χ0v) is 13.0. The predicted molar refractivity (Wildman–Crippen MR) is 82.2 cm³/mol. The molecule has 0 radical (unpaired) electrons. The van der Waals surface area contributed by atoms with Crippen LogP contribution in [0.3, 0.4) is 0 Å². The van der Waals surface area contributed by atoms with Crippen molar-refractivity contribution in [3.05, 3.63) is 52.8 Å². The van der Waals surface area contributed by atoms with E-state index in [1.165, 1.54) is 0 Å². The number of carbonyl (C=O) groups is 1. The second-order valence-corrected chi connectivity index (χ2v) is 5.28. The van der Waals surface area contributed by atoms with Gasteiger partial charge in [-0.15, -0.1) is 0 Å². The molecule has 5 heteroatoms. The van der Waals surface area contributed by atoms with Gasteiger partial charge in [0.05, 0.1) is 17.7 Å². The molecule has 0 fully saturated rings. The van der Waals surface area contributed by atoms with E-state index in [0.29, 0.717) is 17.7 Å². The average molecular weight is 297 g/mol. The quantitative estimate of drug-likeness (QED) is 0.795. The van der Waals surface area contributed by atoms with Crippen LogP contribution < -0.4 is 0 Å². The van der Waals surface area contributed by atoms with Crippen molar-refractivity contribution in [2.45, 2.75) is 20.3 Å². The first kappa shape index (κ1) is 15.8. The summed E-state index contributed by atoms with van der Waals surface area (Å²) in [4.78, 5) is 12.2. The van der Waals surface area contributed by atoms with Gasteiger partial charge in [-0.2, -0.15) is 10.4 Å². The Balaban J connectivity index is 1.99. The van der Waals surface area contributed by atoms with E-state index in [0.717, 1.165) is 11.3 Å². The Kier molecular flexibility index (Phi) is 4.95. The number of hydrogen-bond acceptors (Lipinski definition) is 4. The van der Waals surface area contributed by atoms with Gasteiger partial charge in [0.1, 0.15) is 12.2 Å². The molecule has 0 aliphatic carbocycles. The Bertz CT molecular complexity index is 699. The van der Waals surface area contributed by atoms with Gasteiger partial charge in [-0.05, 0) is 25.8 Å². The summed E-state index contributed by atoms with van der Waals surface area (Å²) in [6.45, 7) is 3.68. The van der Waals surface area contributed by atoms with E-state index in [9.17, 15) is 10.1 Å². The van der Waals surface area contributed by atoms with Gasteiger partial charge in [-0.3, -0.25) is 4.68 Å². The molecule has 1 aromatic heterocycles. The fraction of sp³-hybridized carbons (Fsp3) is 0.353. The zero-order valence-electron chi connectivity index (χ0n) is 13.0. The lowest BCUT2D eigenvalue weighted by Crippen LogP contribution is -2.16. The molecule has 5 nitrogen and oxygen atoms in total. The predicted octanol–water partition coefficient (Wildman–Crippen LogP) is 2.58. The van der Waals surface area contributed by atoms with Gasteiger partial charge in [-0.1, -0.05) is 30.3 Å². The Morgan fingerprint density at radius 2 is 2.05 bits per heavy atom. The number of esters is 1. The van der Waals surface area contributed by atoms with Crippen LogP contribution in [0, 0.1) is 31.1 Å². The van der Waals surface area contributed by atoms with Gasteiger partial charge < -0.3 is 4.74 Å². The van der Waals surface area contributed by atoms with E-state index in [1.54, 1.807) is 18.7 Å². The number of hydrogen-bond donors (Lipinski definition) is 0. The highest BCUT2D eigenvalue weighted by Gasteiger charge is 2.20. The maximum Gasteiger partial charge on any atom is 0.341 e. The molecule has 1 aromatic carbocycles. The monoisotopic (exact) mass is 297 g/mol. The molecule has 114 valence electrons. The van der Waals surface area contributed by atoms with Gasteiger partial charge in [0, 0.05) is 12.7 Å². The van der Waals surface area contributed by atoms with E-state index in [-0.39, 0.29) is 12.5 Å². The van der Waals surface area contributed by atoms with Crippen molar-refractivity contribution in [3.63, 3.8) is 0 Å². The zero-order chi connectivity index (χ0) is 16.1. The largest absolute Gasteiger partial charge is 0.461 e. The molecule has 0 saturated carbocycles. The lowest BCUT2D eigenvalue weighted by atomic mass is 10.0. The summed E-state index contributed by atoms with van der Waals surface area (Å²) in [6, 6.07) is 11.9. The van der Waals surface area contributed by atoms with E-state index in [1.807, 2.05) is 37.3 Å². The molecule has 0 amide bonds. The van der Waals surface area contributed by atoms with E-state index in [2.05, 4.69) is 11.2 Å². The summed E-state index contributed by atoms with van der Waals surface area (Å²) in [7, 11) is 1.78. The van der Waals surface area contributed by atoms with Crippen molar-refractivity contribution in [3.8, 4) is 6.07 Å². The molecule has 2 rings (SSSR count). The van der Waals surface area contributed by atoms with Crippen molar-refractivity contribution in [2.75, 3.05) is 6.61 Å². The van der Waals surface area contributed by atoms with E-state index >= 15 is 0 Å². The molecule has 0 aliphatic rings. The fourth-order valence-corrected chi connectivity index (χ4v) is 2.36. The average Bonchev–Trinajstić information content (AvgIpc) is 2.77. The molecule has 0 N–H and O–H groups in total. The third-order valence-electron chi connectivity index (χ3n) is 3.64. The molecule has 0 saturated heterocycles. The van der Waals surface area contributed by atoms with Crippen LogP contribution in [0.4, 0.5) is 0 Å². The van der Waals surface area contributed by atoms with Gasteiger partial charge in [0.15, 0.2) is 0 Å². The molecular weight excluding hydrogens is 278 g/mol. The van der Waals surface area contributed by atoms with Crippen molar-refractivity contribution in [2.24, 2.45) is 13.0 Å². The standard InChI is InChI=1S/C17H19N3O2/c1-12-16(13(2)20(3)19-12)17(21)22-11-15(10-18)9-14-7-5-4-6-8-14/h4-8,15H,9,11H2,1-3H3/t15-/m0/s1. The first-order valence-corrected chi connectivity index (χ1v) is 7.13. The van der Waals surface area contributed by atoms with Crippen molar-refractivity contribution < 1.29 is 9.53 Å². The number of benzene rings is 1. The highest BCUT2D eigenvalue weighted by atomic mass is 16.5. The number of aromatic nitrogens is 2. The van der Waals surface area contributed by atoms with Gasteiger partial charge in [0.25, 0.3) is 0 Å². The van der Waals surface area contributed by atoms with Crippen LogP contribution in [-0.2, 0) is 18.2 Å². The second-order valence-electron chi connectivity index (χ2n) is 5.28. The molecule has 22 heavy (non-hydrogen) atoms. The SMILES string of the molecule is Cc1nn(C)c(C)c1C(=O)OC[C@H](C#N)Cc1ccccc1. The number of nitrogens with zero attached hydrogens (tertiary/aromatic N) is 3. The Morgan fingerprint density at radius 3 is 2.59 bits per heavy atom. The first-order valence-electron chi connectivity index (χ1n) is 7.13. The minimum absolute atomic E-state index is 0.0814. The molecule has 0 spiro atoms. The van der Waals surface area contributed by atoms with Crippen molar-refractivity contribution in [1.82, 2.24) is 9.78 Å². The number of nitriles is 1. The summed E-state index contributed by atoms with van der Waals surface area (Å²) in [6.07, 6.45) is 0.565. The Morgan fingerprint density at radius 1 is 1.36 bits per heavy atom. The lowest BCUT2D eigenvalue weighted by Gasteiger charge is -2.10. The molecule has 1 atom stereocenters. The molecular formula is C17H19N3O2. The van der Waals surface area contributed by atoms with Crippen LogP contribution in [0.2, 0.25) is 0 Å². The highest BCUT2D eigenvalue weighted by Crippen LogP contribution is 2.15. The van der Waals surface area contributed by atoms with Crippen LogP contribution >= 0.6 is 0 Å². The lowest BCUT2D eigenvalue weighted by molar-refractivity contribution is 0.0466. The summed E-state index contributed by atoms with van der Waals surface area (Å²) < 4.78 is 6.96. The number of carbonyl (C=O) groups excluding carboxylic acids is 1. The minimum atomic E-state index is -0.420. The third-order valence-corrected chi connectivity index (χ3v) is 3.64. The topological polar surface area (TPSA) is 67.9 Å². The maximum absolute atomic E-state index is 12.2. The summed E-state index contributed by atoms with van der Waals surface area (Å²) >= 11 is 0. The Hall–Kier alpha value is -2.61. The fourth-order valence-electron chi connectivity index (χ4n) is 2.36. The summed E-state index contributed by atoms with van der Waals surface area (Å²) in [5, 5.41) is 13.4. The highest BCUT2D eigenvalue weighted by molar-refractivity contribution is 5.91. The van der Waals surface area contributed by atoms with Crippen molar-refractivity contribution in [1.29, 1.82) is 5.26 Å². The second kappa shape index (κ2) is 6.90. The molecule has 1 heterocycles. The normalized spacial score (nSPS) is 11.7. The minimum Gasteiger partial charge on any atom is -0.461 e. The van der Waals surface area contributed by atoms with Gasteiger partial charge in [0.2, 0.25) is 0 Å². The molecule has 0 bridgehead atoms. The number of rotatable bonds is 5. The van der Waals surface area contributed by atoms with Crippen LogP contribution in [-0.4, -0.2) is 22.4 Å². The molecule has 0 aliphatic heterocycles. The van der Waals surface area contributed by atoms with E-state index < -0.39 is 5.97 Å². The Labute approximate surface area is 130 Å². The number of aryl methyl sites for hydroxylation is 2. The smallest absolute Gasteiger partial charge is 0.341 e. The molecule has 2 aromatic rings. The van der Waals surface area contributed by atoms with Crippen LogP contribution in [0.1, 0.15) is 27.3 Å². The van der Waals surface area contributed by atoms with Crippen molar-refractivity contribution >= 4 is 5.97 Å². The number of ether oxygens (including phenoxy) is 1. The van der Waals surface area contributed by atoms with Gasteiger partial charge >= 0.3 is 5.97 Å². The van der Waals surface area contributed by atoms with E-state index in [4.69, 9.17) is 4.74 Å². The van der Waals surface area contributed by atoms with Crippen LogP contribution in [0.15, 0.2) is 30.3 Å². The maximum atomic E-state index is 12.2. The molecule has 0 unspecified atom stereocenters. The third kappa shape index (κ3) is 3.53. The van der Waals surface area contributed by atoms with Crippen LogP contribution in [0.5, 0.6) is 0 Å². The summed E-state index contributed by atoms with van der Waals surface area (Å²) in [5.74, 6) is -0.778. The van der Waals surface area contributed by atoms with Gasteiger partial charge in [-0.25, -0.2) is 4.79 Å². The first-order chi connectivity index (χ1) is 10.5. The van der Waals surface area contributed by atoms with Crippen LogP contribution in [0.25, 0.3) is 0 Å².